The average Bonchev–Trinajstić information content (AvgIpc) is 3.01. The molecule has 11 nitrogen and oxygen atoms in total. The van der Waals surface area contributed by atoms with Crippen molar-refractivity contribution in [1.29, 1.82) is 0 Å². The highest BCUT2D eigenvalue weighted by Gasteiger charge is 2.44. The lowest BCUT2D eigenvalue weighted by Crippen LogP contribution is -2.54. The number of para-hydroxylation sites is 1. The second kappa shape index (κ2) is 12.5. The number of carboxylic acids is 1. The van der Waals surface area contributed by atoms with Crippen LogP contribution >= 0.6 is 11.6 Å². The molecular formula is C29H35ClN2O9. The van der Waals surface area contributed by atoms with E-state index in [1.165, 1.54) is 26.0 Å². The van der Waals surface area contributed by atoms with Gasteiger partial charge in [-0.2, -0.15) is 0 Å². The number of nitrogens with two attached hydrogens (primary N) is 1. The number of hydrogen-bond donors (Lipinski definition) is 2. The number of halogens is 1. The Hall–Kier alpha value is -3.67. The summed E-state index contributed by atoms with van der Waals surface area (Å²) in [5, 5.41) is 9.89. The van der Waals surface area contributed by atoms with Gasteiger partial charge in [0.05, 0.1) is 20.8 Å². The number of benzene rings is 2. The summed E-state index contributed by atoms with van der Waals surface area (Å²) in [6.07, 6.45) is -3.06. The Balaban J connectivity index is 2.23. The smallest absolute Gasteiger partial charge is 0.331 e. The molecule has 0 saturated carbocycles. The van der Waals surface area contributed by atoms with Crippen molar-refractivity contribution in [3.63, 3.8) is 0 Å². The van der Waals surface area contributed by atoms with Crippen molar-refractivity contribution in [3.05, 3.63) is 52.5 Å². The standard InChI is InChI=1S/C29H35ClN2O9/c1-16(33)40-15-28(2,3)14-32-20-11-10-17(30)12-19(20)24(18-8-7-9-21(38-5)25(18)39-6)41-22(26(32)35)13-23(34)29(4,31)27(36)37/h7-12,22,24H,13-15,31H2,1-6H3,(H,36,37)/t22-,24-,29-/m1/s1. The summed E-state index contributed by atoms with van der Waals surface area (Å²) < 4.78 is 22.7. The molecule has 0 radical (unpaired) electrons. The zero-order chi connectivity index (χ0) is 30.7. The summed E-state index contributed by atoms with van der Waals surface area (Å²) in [5.41, 5.74) is 4.23. The summed E-state index contributed by atoms with van der Waals surface area (Å²) in [6, 6.07) is 10.1. The van der Waals surface area contributed by atoms with Gasteiger partial charge in [-0.15, -0.1) is 0 Å². The van der Waals surface area contributed by atoms with Gasteiger partial charge in [-0.05, 0) is 31.2 Å². The van der Waals surface area contributed by atoms with Crippen LogP contribution < -0.4 is 20.1 Å². The van der Waals surface area contributed by atoms with E-state index in [0.717, 1.165) is 6.92 Å². The molecule has 1 amide bonds. The molecule has 1 aliphatic heterocycles. The van der Waals surface area contributed by atoms with E-state index in [4.69, 9.17) is 36.3 Å². The Kier molecular flexibility index (Phi) is 9.68. The molecule has 0 saturated heterocycles. The highest BCUT2D eigenvalue weighted by Crippen LogP contribution is 2.45. The van der Waals surface area contributed by atoms with Crippen LogP contribution in [0.25, 0.3) is 0 Å². The topological polar surface area (TPSA) is 155 Å². The summed E-state index contributed by atoms with van der Waals surface area (Å²) >= 11 is 6.42. The molecule has 41 heavy (non-hydrogen) atoms. The number of ether oxygens (including phenoxy) is 4. The minimum absolute atomic E-state index is 0.00646. The van der Waals surface area contributed by atoms with Crippen LogP contribution in [0.15, 0.2) is 36.4 Å². The van der Waals surface area contributed by atoms with Crippen LogP contribution in [0.4, 0.5) is 5.69 Å². The van der Waals surface area contributed by atoms with Gasteiger partial charge in [-0.1, -0.05) is 37.6 Å². The van der Waals surface area contributed by atoms with Crippen molar-refractivity contribution in [2.45, 2.75) is 51.9 Å². The number of carbonyl (C=O) groups is 4. The number of methoxy groups -OCH3 is 2. The Bertz CT molecular complexity index is 1340. The number of esters is 1. The molecule has 0 aliphatic carbocycles. The van der Waals surface area contributed by atoms with Crippen molar-refractivity contribution in [3.8, 4) is 11.5 Å². The van der Waals surface area contributed by atoms with Gasteiger partial charge in [-0.3, -0.25) is 14.4 Å². The third kappa shape index (κ3) is 6.98. The van der Waals surface area contributed by atoms with Crippen molar-refractivity contribution in [1.82, 2.24) is 0 Å². The molecule has 12 heteroatoms. The lowest BCUT2D eigenvalue weighted by molar-refractivity contribution is -0.150. The zero-order valence-electron chi connectivity index (χ0n) is 23.9. The minimum atomic E-state index is -2.26. The minimum Gasteiger partial charge on any atom is -0.493 e. The molecule has 0 unspecified atom stereocenters. The normalized spacial score (nSPS) is 18.5. The summed E-state index contributed by atoms with van der Waals surface area (Å²) in [7, 11) is 2.94. The van der Waals surface area contributed by atoms with Gasteiger partial charge in [0.1, 0.15) is 12.2 Å². The molecule has 2 aromatic rings. The molecule has 3 rings (SSSR count). The number of nitrogens with zero attached hydrogens (tertiary/aromatic N) is 1. The molecule has 1 heterocycles. The maximum atomic E-state index is 14.2. The van der Waals surface area contributed by atoms with Crippen molar-refractivity contribution < 1.29 is 43.2 Å². The van der Waals surface area contributed by atoms with E-state index < -0.39 is 53.2 Å². The summed E-state index contributed by atoms with van der Waals surface area (Å²) in [4.78, 5) is 51.9. The third-order valence-electron chi connectivity index (χ3n) is 6.77. The predicted octanol–water partition coefficient (Wildman–Crippen LogP) is 3.53. The van der Waals surface area contributed by atoms with Crippen LogP contribution in [-0.4, -0.2) is 67.7 Å². The molecule has 2 aromatic carbocycles. The molecule has 1 aliphatic rings. The van der Waals surface area contributed by atoms with E-state index in [1.807, 2.05) is 13.8 Å². The highest BCUT2D eigenvalue weighted by atomic mass is 35.5. The van der Waals surface area contributed by atoms with Gasteiger partial charge in [0.25, 0.3) is 5.91 Å². The lowest BCUT2D eigenvalue weighted by atomic mass is 9.91. The van der Waals surface area contributed by atoms with Gasteiger partial charge in [0, 0.05) is 47.1 Å². The number of hydrogen-bond acceptors (Lipinski definition) is 9. The van der Waals surface area contributed by atoms with E-state index in [9.17, 15) is 24.3 Å². The largest absolute Gasteiger partial charge is 0.493 e. The molecule has 0 spiro atoms. The second-order valence-corrected chi connectivity index (χ2v) is 11.2. The molecule has 0 aromatic heterocycles. The zero-order valence-corrected chi connectivity index (χ0v) is 24.6. The monoisotopic (exact) mass is 590 g/mol. The van der Waals surface area contributed by atoms with Gasteiger partial charge in [-0.25, -0.2) is 4.79 Å². The van der Waals surface area contributed by atoms with Crippen LogP contribution in [0.5, 0.6) is 11.5 Å². The van der Waals surface area contributed by atoms with E-state index >= 15 is 0 Å². The first-order valence-electron chi connectivity index (χ1n) is 12.8. The Morgan fingerprint density at radius 3 is 2.37 bits per heavy atom. The number of anilines is 1. The van der Waals surface area contributed by atoms with Gasteiger partial charge in [0.2, 0.25) is 0 Å². The number of ketones is 1. The van der Waals surface area contributed by atoms with Crippen LogP contribution in [0.2, 0.25) is 5.02 Å². The lowest BCUT2D eigenvalue weighted by Gasteiger charge is -2.33. The summed E-state index contributed by atoms with van der Waals surface area (Å²) in [5.74, 6) is -2.78. The number of carbonyl (C=O) groups excluding carboxylic acids is 3. The van der Waals surface area contributed by atoms with E-state index in [1.54, 1.807) is 36.4 Å². The average molecular weight is 591 g/mol. The van der Waals surface area contributed by atoms with Gasteiger partial charge >= 0.3 is 11.9 Å². The Morgan fingerprint density at radius 2 is 1.78 bits per heavy atom. The van der Waals surface area contributed by atoms with Gasteiger partial charge in [0.15, 0.2) is 22.8 Å². The van der Waals surface area contributed by atoms with Crippen molar-refractivity contribution in [2.24, 2.45) is 11.1 Å². The fourth-order valence-electron chi connectivity index (χ4n) is 4.50. The van der Waals surface area contributed by atoms with Gasteiger partial charge < -0.3 is 34.7 Å². The van der Waals surface area contributed by atoms with Crippen molar-refractivity contribution in [2.75, 3.05) is 32.3 Å². The predicted molar refractivity (Wildman–Crippen MR) is 150 cm³/mol. The fraction of sp³-hybridized carbons (Fsp3) is 0.448. The number of rotatable bonds is 11. The molecule has 0 fully saturated rings. The van der Waals surface area contributed by atoms with Crippen LogP contribution in [-0.2, 0) is 28.7 Å². The van der Waals surface area contributed by atoms with Crippen LogP contribution in [0, 0.1) is 5.41 Å². The Morgan fingerprint density at radius 1 is 1.10 bits per heavy atom. The first kappa shape index (κ1) is 31.9. The quantitative estimate of drug-likeness (QED) is 0.293. The molecule has 3 atom stereocenters. The van der Waals surface area contributed by atoms with E-state index in [2.05, 4.69) is 0 Å². The SMILES string of the molecule is COc1cccc([C@H]2O[C@H](CC(=O)[C@@](C)(N)C(=O)O)C(=O)N(CC(C)(C)COC(C)=O)c3ccc(Cl)cc32)c1OC. The molecular weight excluding hydrogens is 556 g/mol. The van der Waals surface area contributed by atoms with Crippen LogP contribution in [0.3, 0.4) is 0 Å². The first-order valence-corrected chi connectivity index (χ1v) is 13.2. The number of aliphatic carboxylic acids is 1. The van der Waals surface area contributed by atoms with E-state index in [0.29, 0.717) is 33.3 Å². The number of fused-ring (bicyclic) bond motifs is 1. The number of amides is 1. The maximum Gasteiger partial charge on any atom is 0.331 e. The summed E-state index contributed by atoms with van der Waals surface area (Å²) in [6.45, 7) is 6.05. The maximum absolute atomic E-state index is 14.2. The molecule has 0 bridgehead atoms. The Labute approximate surface area is 243 Å². The first-order chi connectivity index (χ1) is 19.1. The third-order valence-corrected chi connectivity index (χ3v) is 7.00. The van der Waals surface area contributed by atoms with E-state index in [-0.39, 0.29) is 13.2 Å². The molecule has 222 valence electrons. The molecule has 3 N–H and O–H groups in total. The number of carboxylic acid groups (broad SMARTS) is 1. The van der Waals surface area contributed by atoms with Crippen molar-refractivity contribution >= 4 is 40.9 Å². The fourth-order valence-corrected chi connectivity index (χ4v) is 4.68. The van der Waals surface area contributed by atoms with Crippen LogP contribution in [0.1, 0.15) is 51.3 Å². The number of Topliss-reactive ketones (excluding diaryl/α,β-unsaturated/α-hetero) is 1. The highest BCUT2D eigenvalue weighted by molar-refractivity contribution is 6.30. The second-order valence-electron chi connectivity index (χ2n) is 10.8.